The van der Waals surface area contributed by atoms with Crippen LogP contribution >= 0.6 is 0 Å². The molecule has 0 atom stereocenters. The molecule has 4 rings (SSSR count). The molecule has 0 unspecified atom stereocenters. The topological polar surface area (TPSA) is 165 Å². The summed E-state index contributed by atoms with van der Waals surface area (Å²) >= 11 is 0. The fourth-order valence-electron chi connectivity index (χ4n) is 3.99. The summed E-state index contributed by atoms with van der Waals surface area (Å²) in [5.74, 6) is -0.386. The Kier molecular flexibility index (Phi) is 5.71. The standard InChI is InChI=1S/C23H15N3O9/c1-34-15-5-3-12(4-6-15)7-16-17-8-13(24(28)29)10-19(23(27)35-2)21(17)22-18(16)9-14(25(30)31)11-20(22)26(32)33/h3-11H,1-2H3/b16-7-. The van der Waals surface area contributed by atoms with Gasteiger partial charge in [0.25, 0.3) is 17.1 Å². The van der Waals surface area contributed by atoms with E-state index in [2.05, 4.69) is 0 Å². The van der Waals surface area contributed by atoms with E-state index in [0.717, 1.165) is 25.3 Å². The number of nitro benzene ring substituents is 3. The molecular weight excluding hydrogens is 462 g/mol. The molecule has 12 heteroatoms. The van der Waals surface area contributed by atoms with Crippen molar-refractivity contribution in [2.45, 2.75) is 0 Å². The van der Waals surface area contributed by atoms with E-state index in [1.807, 2.05) is 0 Å². The molecule has 3 aromatic rings. The number of nitrogens with zero attached hydrogens (tertiary/aromatic N) is 3. The average molecular weight is 477 g/mol. The second-order valence-electron chi connectivity index (χ2n) is 7.40. The second-order valence-corrected chi connectivity index (χ2v) is 7.40. The molecule has 0 radical (unpaired) electrons. The molecular formula is C23H15N3O9. The molecule has 0 aromatic heterocycles. The number of rotatable bonds is 6. The Morgan fingerprint density at radius 2 is 1.37 bits per heavy atom. The molecule has 0 bridgehead atoms. The number of hydrogen-bond donors (Lipinski definition) is 0. The molecule has 0 N–H and O–H groups in total. The van der Waals surface area contributed by atoms with Crippen molar-refractivity contribution in [3.05, 3.63) is 101 Å². The van der Waals surface area contributed by atoms with E-state index in [-0.39, 0.29) is 33.4 Å². The van der Waals surface area contributed by atoms with Gasteiger partial charge in [-0.1, -0.05) is 12.1 Å². The minimum absolute atomic E-state index is 0.0267. The van der Waals surface area contributed by atoms with E-state index < -0.39 is 37.8 Å². The Balaban J connectivity index is 2.15. The molecule has 0 saturated carbocycles. The van der Waals surface area contributed by atoms with Gasteiger partial charge in [0.15, 0.2) is 0 Å². The Morgan fingerprint density at radius 3 is 1.89 bits per heavy atom. The van der Waals surface area contributed by atoms with Crippen LogP contribution in [0.4, 0.5) is 17.1 Å². The highest BCUT2D eigenvalue weighted by atomic mass is 16.6. The normalized spacial score (nSPS) is 12.6. The number of ether oxygens (including phenoxy) is 2. The third kappa shape index (κ3) is 3.93. The lowest BCUT2D eigenvalue weighted by atomic mass is 9.96. The lowest BCUT2D eigenvalue weighted by Gasteiger charge is -2.08. The minimum Gasteiger partial charge on any atom is -0.497 e. The zero-order valence-corrected chi connectivity index (χ0v) is 18.2. The van der Waals surface area contributed by atoms with Crippen LogP contribution in [0.25, 0.3) is 22.8 Å². The van der Waals surface area contributed by atoms with E-state index >= 15 is 0 Å². The van der Waals surface area contributed by atoms with Crippen molar-refractivity contribution in [1.82, 2.24) is 0 Å². The zero-order chi connectivity index (χ0) is 25.4. The lowest BCUT2D eigenvalue weighted by Crippen LogP contribution is -2.06. The van der Waals surface area contributed by atoms with Crippen LogP contribution in [0, 0.1) is 30.3 Å². The van der Waals surface area contributed by atoms with Crippen molar-refractivity contribution in [3.63, 3.8) is 0 Å². The molecule has 0 saturated heterocycles. The van der Waals surface area contributed by atoms with Crippen LogP contribution in [0.15, 0.2) is 48.5 Å². The smallest absolute Gasteiger partial charge is 0.338 e. The van der Waals surface area contributed by atoms with Crippen molar-refractivity contribution in [1.29, 1.82) is 0 Å². The molecule has 12 nitrogen and oxygen atoms in total. The Hall–Kier alpha value is -5.13. The maximum absolute atomic E-state index is 12.6. The van der Waals surface area contributed by atoms with Crippen molar-refractivity contribution >= 4 is 34.7 Å². The van der Waals surface area contributed by atoms with Crippen LogP contribution in [0.5, 0.6) is 5.75 Å². The highest BCUT2D eigenvalue weighted by Gasteiger charge is 2.38. The predicted molar refractivity (Wildman–Crippen MR) is 123 cm³/mol. The lowest BCUT2D eigenvalue weighted by molar-refractivity contribution is -0.393. The SMILES string of the molecule is COC(=O)c1cc([N+](=O)[O-])cc2c1-c1c(cc([N+](=O)[O-])cc1[N+](=O)[O-])/C2=C\c1ccc(OC)cc1. The average Bonchev–Trinajstić information content (AvgIpc) is 3.15. The summed E-state index contributed by atoms with van der Waals surface area (Å²) < 4.78 is 9.92. The van der Waals surface area contributed by atoms with Gasteiger partial charge in [0.1, 0.15) is 5.75 Å². The molecule has 1 aliphatic carbocycles. The summed E-state index contributed by atoms with van der Waals surface area (Å²) in [6, 6.07) is 10.7. The van der Waals surface area contributed by atoms with Gasteiger partial charge in [0, 0.05) is 29.3 Å². The second kappa shape index (κ2) is 8.67. The monoisotopic (exact) mass is 477 g/mol. The maximum Gasteiger partial charge on any atom is 0.338 e. The van der Waals surface area contributed by atoms with E-state index in [1.54, 1.807) is 30.3 Å². The van der Waals surface area contributed by atoms with Gasteiger partial charge >= 0.3 is 5.97 Å². The van der Waals surface area contributed by atoms with Crippen LogP contribution < -0.4 is 4.74 Å². The van der Waals surface area contributed by atoms with E-state index in [4.69, 9.17) is 9.47 Å². The Bertz CT molecular complexity index is 1460. The number of fused-ring (bicyclic) bond motifs is 3. The number of benzene rings is 3. The fraction of sp³-hybridized carbons (Fsp3) is 0.0870. The molecule has 0 amide bonds. The fourth-order valence-corrected chi connectivity index (χ4v) is 3.99. The number of esters is 1. The van der Waals surface area contributed by atoms with Gasteiger partial charge in [-0.15, -0.1) is 0 Å². The predicted octanol–water partition coefficient (Wildman–Crippen LogP) is 4.78. The van der Waals surface area contributed by atoms with Gasteiger partial charge in [0.05, 0.1) is 46.2 Å². The number of hydrogen-bond acceptors (Lipinski definition) is 9. The highest BCUT2D eigenvalue weighted by molar-refractivity contribution is 6.15. The third-order valence-electron chi connectivity index (χ3n) is 5.51. The summed E-state index contributed by atoms with van der Waals surface area (Å²) in [6.45, 7) is 0. The van der Waals surface area contributed by atoms with Crippen molar-refractivity contribution in [3.8, 4) is 16.9 Å². The molecule has 0 aliphatic heterocycles. The van der Waals surface area contributed by atoms with Crippen molar-refractivity contribution in [2.24, 2.45) is 0 Å². The quantitative estimate of drug-likeness (QED) is 0.216. The number of nitro groups is 3. The molecule has 35 heavy (non-hydrogen) atoms. The van der Waals surface area contributed by atoms with E-state index in [1.165, 1.54) is 13.2 Å². The molecule has 3 aromatic carbocycles. The number of methoxy groups -OCH3 is 2. The summed E-state index contributed by atoms with van der Waals surface area (Å²) in [7, 11) is 2.56. The third-order valence-corrected chi connectivity index (χ3v) is 5.51. The summed E-state index contributed by atoms with van der Waals surface area (Å²) in [5, 5.41) is 35.1. The van der Waals surface area contributed by atoms with Crippen LogP contribution in [0.2, 0.25) is 0 Å². The first kappa shape index (κ1) is 23.0. The minimum atomic E-state index is -0.950. The molecule has 0 heterocycles. The Labute approximate surface area is 196 Å². The first-order chi connectivity index (χ1) is 16.7. The molecule has 176 valence electrons. The van der Waals surface area contributed by atoms with Crippen LogP contribution in [0.1, 0.15) is 27.0 Å². The highest BCUT2D eigenvalue weighted by Crippen LogP contribution is 2.53. The first-order valence-electron chi connectivity index (χ1n) is 9.90. The van der Waals surface area contributed by atoms with Gasteiger partial charge < -0.3 is 9.47 Å². The number of non-ortho nitro benzene ring substituents is 2. The molecule has 1 aliphatic rings. The van der Waals surface area contributed by atoms with E-state index in [0.29, 0.717) is 11.3 Å². The molecule has 0 fully saturated rings. The maximum atomic E-state index is 12.6. The Morgan fingerprint density at radius 1 is 0.800 bits per heavy atom. The van der Waals surface area contributed by atoms with Gasteiger partial charge in [-0.05, 0) is 34.9 Å². The zero-order valence-electron chi connectivity index (χ0n) is 18.2. The first-order valence-corrected chi connectivity index (χ1v) is 9.90. The largest absolute Gasteiger partial charge is 0.497 e. The van der Waals surface area contributed by atoms with Crippen LogP contribution in [-0.2, 0) is 4.74 Å². The van der Waals surface area contributed by atoms with Gasteiger partial charge in [-0.25, -0.2) is 4.79 Å². The molecule has 0 spiro atoms. The van der Waals surface area contributed by atoms with Crippen molar-refractivity contribution < 1.29 is 29.0 Å². The van der Waals surface area contributed by atoms with Crippen molar-refractivity contribution in [2.75, 3.05) is 14.2 Å². The van der Waals surface area contributed by atoms with Gasteiger partial charge in [-0.2, -0.15) is 0 Å². The van der Waals surface area contributed by atoms with Gasteiger partial charge in [-0.3, -0.25) is 30.3 Å². The van der Waals surface area contributed by atoms with E-state index in [9.17, 15) is 35.1 Å². The van der Waals surface area contributed by atoms with Crippen LogP contribution in [-0.4, -0.2) is 35.0 Å². The van der Waals surface area contributed by atoms with Gasteiger partial charge in [0.2, 0.25) is 0 Å². The van der Waals surface area contributed by atoms with Crippen LogP contribution in [0.3, 0.4) is 0 Å². The number of carbonyl (C=O) groups is 1. The summed E-state index contributed by atoms with van der Waals surface area (Å²) in [4.78, 5) is 45.4. The summed E-state index contributed by atoms with van der Waals surface area (Å²) in [6.07, 6.45) is 1.57. The summed E-state index contributed by atoms with van der Waals surface area (Å²) in [5.41, 5.74) is -0.880. The number of carbonyl (C=O) groups excluding carboxylic acids is 1.